The summed E-state index contributed by atoms with van der Waals surface area (Å²) in [5.41, 5.74) is 7.41. The standard InChI is InChI=1S/C14H19N3O3/c1-20-14(19)9-2-5-12(11(15)8-9)16-7-6-13(18)17-10-3-4-10/h2,5,8,10,16H,3-4,6-7,15H2,1H3,(H,17,18). The maximum atomic E-state index is 11.5. The molecule has 0 atom stereocenters. The molecule has 0 spiro atoms. The molecule has 1 aliphatic carbocycles. The topological polar surface area (TPSA) is 93.4 Å². The average Bonchev–Trinajstić information content (AvgIpc) is 3.23. The van der Waals surface area contributed by atoms with Crippen LogP contribution in [0.25, 0.3) is 0 Å². The summed E-state index contributed by atoms with van der Waals surface area (Å²) < 4.78 is 4.62. The number of nitrogen functional groups attached to an aromatic ring is 1. The van der Waals surface area contributed by atoms with Gasteiger partial charge in [-0.1, -0.05) is 0 Å². The van der Waals surface area contributed by atoms with Crippen molar-refractivity contribution >= 4 is 23.3 Å². The van der Waals surface area contributed by atoms with Crippen LogP contribution in [0, 0.1) is 0 Å². The quantitative estimate of drug-likeness (QED) is 0.535. The van der Waals surface area contributed by atoms with Gasteiger partial charge in [0.2, 0.25) is 5.91 Å². The summed E-state index contributed by atoms with van der Waals surface area (Å²) in [6, 6.07) is 5.28. The molecule has 1 saturated carbocycles. The second-order valence-electron chi connectivity index (χ2n) is 4.81. The predicted molar refractivity (Wildman–Crippen MR) is 76.5 cm³/mol. The monoisotopic (exact) mass is 277 g/mol. The number of benzene rings is 1. The van der Waals surface area contributed by atoms with E-state index in [1.165, 1.54) is 7.11 Å². The average molecular weight is 277 g/mol. The van der Waals surface area contributed by atoms with Crippen LogP contribution in [0.15, 0.2) is 18.2 Å². The van der Waals surface area contributed by atoms with Gasteiger partial charge < -0.3 is 21.1 Å². The molecule has 6 nitrogen and oxygen atoms in total. The van der Waals surface area contributed by atoms with Gasteiger partial charge in [-0.3, -0.25) is 4.79 Å². The molecule has 1 fully saturated rings. The van der Waals surface area contributed by atoms with Gasteiger partial charge in [-0.15, -0.1) is 0 Å². The molecule has 0 aromatic heterocycles. The molecule has 1 aromatic rings. The zero-order valence-electron chi connectivity index (χ0n) is 11.4. The Hall–Kier alpha value is -2.24. The third-order valence-corrected chi connectivity index (χ3v) is 3.08. The first kappa shape index (κ1) is 14.2. The van der Waals surface area contributed by atoms with Gasteiger partial charge in [0, 0.05) is 19.0 Å². The van der Waals surface area contributed by atoms with Gasteiger partial charge in [-0.25, -0.2) is 4.79 Å². The summed E-state index contributed by atoms with van der Waals surface area (Å²) in [6.07, 6.45) is 2.57. The summed E-state index contributed by atoms with van der Waals surface area (Å²) >= 11 is 0. The van der Waals surface area contributed by atoms with Crippen molar-refractivity contribution in [2.45, 2.75) is 25.3 Å². The molecule has 0 unspecified atom stereocenters. The van der Waals surface area contributed by atoms with E-state index in [-0.39, 0.29) is 5.91 Å². The van der Waals surface area contributed by atoms with Crippen LogP contribution in [0.3, 0.4) is 0 Å². The number of nitrogens with one attached hydrogen (secondary N) is 2. The zero-order chi connectivity index (χ0) is 14.5. The van der Waals surface area contributed by atoms with Crippen LogP contribution in [-0.4, -0.2) is 31.6 Å². The zero-order valence-corrected chi connectivity index (χ0v) is 11.4. The number of carbonyl (C=O) groups is 2. The lowest BCUT2D eigenvalue weighted by Gasteiger charge is -2.10. The summed E-state index contributed by atoms with van der Waals surface area (Å²) in [4.78, 5) is 22.8. The predicted octanol–water partition coefficient (Wildman–Crippen LogP) is 1.14. The van der Waals surface area contributed by atoms with Crippen molar-refractivity contribution in [3.8, 4) is 0 Å². The Morgan fingerprint density at radius 1 is 1.40 bits per heavy atom. The number of carbonyl (C=O) groups excluding carboxylic acids is 2. The third-order valence-electron chi connectivity index (χ3n) is 3.08. The second kappa shape index (κ2) is 6.27. The number of anilines is 2. The summed E-state index contributed by atoms with van der Waals surface area (Å²) in [6.45, 7) is 0.500. The molecule has 0 bridgehead atoms. The Bertz CT molecular complexity index is 512. The number of nitrogens with two attached hydrogens (primary N) is 1. The van der Waals surface area contributed by atoms with E-state index in [0.29, 0.717) is 35.9 Å². The molecular formula is C14H19N3O3. The Balaban J connectivity index is 1.83. The van der Waals surface area contributed by atoms with Gasteiger partial charge in [-0.2, -0.15) is 0 Å². The highest BCUT2D eigenvalue weighted by atomic mass is 16.5. The normalized spacial score (nSPS) is 13.7. The van der Waals surface area contributed by atoms with Crippen molar-refractivity contribution in [2.24, 2.45) is 0 Å². The molecule has 0 saturated heterocycles. The first-order valence-electron chi connectivity index (χ1n) is 6.61. The molecule has 4 N–H and O–H groups in total. The van der Waals surface area contributed by atoms with E-state index >= 15 is 0 Å². The molecule has 0 aliphatic heterocycles. The molecule has 0 heterocycles. The number of hydrogen-bond acceptors (Lipinski definition) is 5. The lowest BCUT2D eigenvalue weighted by molar-refractivity contribution is -0.120. The van der Waals surface area contributed by atoms with Crippen LogP contribution in [-0.2, 0) is 9.53 Å². The summed E-state index contributed by atoms with van der Waals surface area (Å²) in [5.74, 6) is -0.378. The highest BCUT2D eigenvalue weighted by Crippen LogP contribution is 2.21. The first-order valence-corrected chi connectivity index (χ1v) is 6.61. The van der Waals surface area contributed by atoms with Gasteiger partial charge in [0.1, 0.15) is 0 Å². The van der Waals surface area contributed by atoms with Gasteiger partial charge >= 0.3 is 5.97 Å². The molecule has 1 aromatic carbocycles. The lowest BCUT2D eigenvalue weighted by Crippen LogP contribution is -2.27. The van der Waals surface area contributed by atoms with Crippen LogP contribution in [0.5, 0.6) is 0 Å². The highest BCUT2D eigenvalue weighted by Gasteiger charge is 2.22. The maximum Gasteiger partial charge on any atom is 0.337 e. The van der Waals surface area contributed by atoms with Crippen molar-refractivity contribution in [1.29, 1.82) is 0 Å². The van der Waals surface area contributed by atoms with E-state index in [2.05, 4.69) is 15.4 Å². The van der Waals surface area contributed by atoms with Crippen LogP contribution in [0.2, 0.25) is 0 Å². The van der Waals surface area contributed by atoms with Gasteiger partial charge in [0.25, 0.3) is 0 Å². The number of amides is 1. The van der Waals surface area contributed by atoms with Crippen molar-refractivity contribution < 1.29 is 14.3 Å². The van der Waals surface area contributed by atoms with E-state index in [0.717, 1.165) is 12.8 Å². The minimum Gasteiger partial charge on any atom is -0.465 e. The smallest absolute Gasteiger partial charge is 0.337 e. The Morgan fingerprint density at radius 2 is 2.15 bits per heavy atom. The van der Waals surface area contributed by atoms with Gasteiger partial charge in [0.15, 0.2) is 0 Å². The lowest BCUT2D eigenvalue weighted by atomic mass is 10.1. The molecule has 2 rings (SSSR count). The molecule has 108 valence electrons. The second-order valence-corrected chi connectivity index (χ2v) is 4.81. The number of ether oxygens (including phenoxy) is 1. The molecule has 0 radical (unpaired) electrons. The first-order chi connectivity index (χ1) is 9.60. The van der Waals surface area contributed by atoms with Crippen LogP contribution in [0.4, 0.5) is 11.4 Å². The fourth-order valence-electron chi connectivity index (χ4n) is 1.81. The van der Waals surface area contributed by atoms with Crippen LogP contribution in [0.1, 0.15) is 29.6 Å². The molecule has 1 amide bonds. The van der Waals surface area contributed by atoms with Crippen molar-refractivity contribution in [3.05, 3.63) is 23.8 Å². The molecule has 1 aliphatic rings. The van der Waals surface area contributed by atoms with E-state index in [1.54, 1.807) is 18.2 Å². The number of methoxy groups -OCH3 is 1. The number of hydrogen-bond donors (Lipinski definition) is 3. The summed E-state index contributed by atoms with van der Waals surface area (Å²) in [5, 5.41) is 6.00. The van der Waals surface area contributed by atoms with Gasteiger partial charge in [0.05, 0.1) is 24.0 Å². The van der Waals surface area contributed by atoms with E-state index in [9.17, 15) is 9.59 Å². The number of esters is 1. The molecular weight excluding hydrogens is 258 g/mol. The SMILES string of the molecule is COC(=O)c1ccc(NCCC(=O)NC2CC2)c(N)c1. The van der Waals surface area contributed by atoms with E-state index < -0.39 is 5.97 Å². The maximum absolute atomic E-state index is 11.5. The Labute approximate surface area is 117 Å². The van der Waals surface area contributed by atoms with E-state index in [4.69, 9.17) is 5.73 Å². The highest BCUT2D eigenvalue weighted by molar-refractivity contribution is 5.91. The van der Waals surface area contributed by atoms with E-state index in [1.807, 2.05) is 0 Å². The summed E-state index contributed by atoms with van der Waals surface area (Å²) in [7, 11) is 1.32. The largest absolute Gasteiger partial charge is 0.465 e. The third kappa shape index (κ3) is 3.88. The molecule has 20 heavy (non-hydrogen) atoms. The minimum absolute atomic E-state index is 0.0461. The Morgan fingerprint density at radius 3 is 2.75 bits per heavy atom. The fraction of sp³-hybridized carbons (Fsp3) is 0.429. The van der Waals surface area contributed by atoms with Crippen LogP contribution >= 0.6 is 0 Å². The fourth-order valence-corrected chi connectivity index (χ4v) is 1.81. The number of rotatable bonds is 6. The Kier molecular flexibility index (Phi) is 4.45. The van der Waals surface area contributed by atoms with Crippen molar-refractivity contribution in [3.63, 3.8) is 0 Å². The van der Waals surface area contributed by atoms with Crippen LogP contribution < -0.4 is 16.4 Å². The minimum atomic E-state index is -0.424. The van der Waals surface area contributed by atoms with Gasteiger partial charge in [-0.05, 0) is 31.0 Å². The van der Waals surface area contributed by atoms with Crippen molar-refractivity contribution in [2.75, 3.05) is 24.7 Å². The molecule has 6 heteroatoms. The van der Waals surface area contributed by atoms with Crippen molar-refractivity contribution in [1.82, 2.24) is 5.32 Å².